The zero-order chi connectivity index (χ0) is 18.4. The second-order valence-electron chi connectivity index (χ2n) is 9.18. The van der Waals surface area contributed by atoms with Gasteiger partial charge in [-0.05, 0) is 80.4 Å². The molecule has 1 aliphatic rings. The maximum atomic E-state index is 6.19. The molecule has 0 aromatic rings. The Morgan fingerprint density at radius 3 is 2.38 bits per heavy atom. The Labute approximate surface area is 150 Å². The Balaban J connectivity index is 2.31. The average Bonchev–Trinajstić information content (AvgIpc) is 2.79. The van der Waals surface area contributed by atoms with Crippen molar-refractivity contribution >= 4 is 0 Å². The van der Waals surface area contributed by atoms with Gasteiger partial charge in [0.05, 0.1) is 17.8 Å². The maximum Gasteiger partial charge on any atom is 0.0629 e. The lowest BCUT2D eigenvalue weighted by Crippen LogP contribution is -2.33. The van der Waals surface area contributed by atoms with E-state index < -0.39 is 0 Å². The summed E-state index contributed by atoms with van der Waals surface area (Å²) in [4.78, 5) is 4.80. The molecular weight excluding hydrogens is 300 g/mol. The van der Waals surface area contributed by atoms with Crippen LogP contribution in [0.1, 0.15) is 60.8 Å². The van der Waals surface area contributed by atoms with Crippen molar-refractivity contribution in [2.24, 2.45) is 5.92 Å². The van der Waals surface area contributed by atoms with E-state index in [0.717, 1.165) is 45.7 Å². The van der Waals surface area contributed by atoms with Crippen LogP contribution in [-0.2, 0) is 9.47 Å². The number of ether oxygens (including phenoxy) is 2. The first kappa shape index (κ1) is 21.9. The van der Waals surface area contributed by atoms with Crippen molar-refractivity contribution in [2.75, 3.05) is 46.9 Å². The fourth-order valence-electron chi connectivity index (χ4n) is 3.48. The Morgan fingerprint density at radius 1 is 1.12 bits per heavy atom. The molecule has 0 saturated carbocycles. The minimum Gasteiger partial charge on any atom is -0.376 e. The summed E-state index contributed by atoms with van der Waals surface area (Å²) in [5, 5.41) is 0. The monoisotopic (exact) mass is 342 g/mol. The Kier molecular flexibility index (Phi) is 8.67. The van der Waals surface area contributed by atoms with E-state index in [0.29, 0.717) is 12.0 Å². The van der Waals surface area contributed by atoms with Gasteiger partial charge in [-0.15, -0.1) is 0 Å². The van der Waals surface area contributed by atoms with E-state index >= 15 is 0 Å². The number of likely N-dealkylation sites (tertiary alicyclic amines) is 1. The molecule has 2 atom stereocenters. The molecule has 4 nitrogen and oxygen atoms in total. The Hall–Kier alpha value is -0.160. The van der Waals surface area contributed by atoms with Crippen LogP contribution in [0.2, 0.25) is 0 Å². The topological polar surface area (TPSA) is 24.9 Å². The number of hydrogen-bond acceptors (Lipinski definition) is 4. The van der Waals surface area contributed by atoms with Crippen LogP contribution in [0, 0.1) is 5.92 Å². The van der Waals surface area contributed by atoms with E-state index in [4.69, 9.17) is 9.47 Å². The minimum atomic E-state index is -0.0487. The lowest BCUT2D eigenvalue weighted by Gasteiger charge is -2.29. The third-order valence-corrected chi connectivity index (χ3v) is 4.98. The van der Waals surface area contributed by atoms with Crippen molar-refractivity contribution < 1.29 is 9.47 Å². The first-order chi connectivity index (χ1) is 11.0. The summed E-state index contributed by atoms with van der Waals surface area (Å²) in [6.07, 6.45) is 3.46. The first-order valence-electron chi connectivity index (χ1n) is 9.69. The van der Waals surface area contributed by atoms with Crippen LogP contribution in [0.5, 0.6) is 0 Å². The van der Waals surface area contributed by atoms with Crippen LogP contribution >= 0.6 is 0 Å². The van der Waals surface area contributed by atoms with E-state index in [1.54, 1.807) is 0 Å². The van der Waals surface area contributed by atoms with E-state index in [2.05, 4.69) is 65.4 Å². The van der Waals surface area contributed by atoms with Crippen molar-refractivity contribution in [1.82, 2.24) is 9.80 Å². The van der Waals surface area contributed by atoms with Crippen molar-refractivity contribution in [3.8, 4) is 0 Å². The summed E-state index contributed by atoms with van der Waals surface area (Å²) < 4.78 is 12.2. The molecule has 24 heavy (non-hydrogen) atoms. The fraction of sp³-hybridized carbons (Fsp3) is 1.00. The number of rotatable bonds is 10. The molecule has 1 aliphatic heterocycles. The van der Waals surface area contributed by atoms with E-state index in [-0.39, 0.29) is 11.2 Å². The molecule has 1 heterocycles. The van der Waals surface area contributed by atoms with Gasteiger partial charge in [-0.1, -0.05) is 6.92 Å². The van der Waals surface area contributed by atoms with Gasteiger partial charge < -0.3 is 19.3 Å². The largest absolute Gasteiger partial charge is 0.376 e. The summed E-state index contributed by atoms with van der Waals surface area (Å²) >= 11 is 0. The first-order valence-corrected chi connectivity index (χ1v) is 9.69. The van der Waals surface area contributed by atoms with Crippen LogP contribution in [0.4, 0.5) is 0 Å². The van der Waals surface area contributed by atoms with Crippen LogP contribution in [0.3, 0.4) is 0 Å². The summed E-state index contributed by atoms with van der Waals surface area (Å²) in [6, 6.07) is 0.545. The molecule has 0 aromatic heterocycles. The molecule has 0 amide bonds. The number of hydrogen-bond donors (Lipinski definition) is 0. The SMILES string of the molecule is CCN(C)CCCOC(C)(C)CC1C[C@@H](COC(C)(C)C)N(C)C1. The van der Waals surface area contributed by atoms with Gasteiger partial charge >= 0.3 is 0 Å². The van der Waals surface area contributed by atoms with Crippen molar-refractivity contribution in [2.45, 2.75) is 78.0 Å². The van der Waals surface area contributed by atoms with Gasteiger partial charge in [0.25, 0.3) is 0 Å². The summed E-state index contributed by atoms with van der Waals surface area (Å²) in [5.74, 6) is 0.705. The molecule has 0 bridgehead atoms. The zero-order valence-corrected chi connectivity index (χ0v) is 17.5. The van der Waals surface area contributed by atoms with E-state index in [1.165, 1.54) is 6.42 Å². The quantitative estimate of drug-likeness (QED) is 0.566. The molecule has 0 radical (unpaired) electrons. The highest BCUT2D eigenvalue weighted by Gasteiger charge is 2.34. The van der Waals surface area contributed by atoms with Crippen LogP contribution in [0.15, 0.2) is 0 Å². The molecule has 1 fully saturated rings. The number of likely N-dealkylation sites (N-methyl/N-ethyl adjacent to an activating group) is 1. The maximum absolute atomic E-state index is 6.19. The summed E-state index contributed by atoms with van der Waals surface area (Å²) in [6.45, 7) is 18.2. The molecule has 0 spiro atoms. The highest BCUT2D eigenvalue weighted by Crippen LogP contribution is 2.31. The lowest BCUT2D eigenvalue weighted by atomic mass is 9.91. The predicted molar refractivity (Wildman–Crippen MR) is 103 cm³/mol. The van der Waals surface area contributed by atoms with Gasteiger partial charge in [-0.25, -0.2) is 0 Å². The van der Waals surface area contributed by atoms with Gasteiger partial charge in [0.2, 0.25) is 0 Å². The third-order valence-electron chi connectivity index (χ3n) is 4.98. The van der Waals surface area contributed by atoms with Gasteiger partial charge in [0.15, 0.2) is 0 Å². The van der Waals surface area contributed by atoms with E-state index in [9.17, 15) is 0 Å². The fourth-order valence-corrected chi connectivity index (χ4v) is 3.48. The molecule has 0 aliphatic carbocycles. The van der Waals surface area contributed by atoms with Crippen LogP contribution in [-0.4, -0.2) is 74.0 Å². The normalized spacial score (nSPS) is 23.4. The zero-order valence-electron chi connectivity index (χ0n) is 17.5. The van der Waals surface area contributed by atoms with Crippen molar-refractivity contribution in [1.29, 1.82) is 0 Å². The molecule has 1 unspecified atom stereocenters. The molecule has 4 heteroatoms. The molecular formula is C20H42N2O2. The summed E-state index contributed by atoms with van der Waals surface area (Å²) in [5.41, 5.74) is -0.0803. The highest BCUT2D eigenvalue weighted by molar-refractivity contribution is 4.87. The second kappa shape index (κ2) is 9.51. The van der Waals surface area contributed by atoms with Gasteiger partial charge in [-0.2, -0.15) is 0 Å². The highest BCUT2D eigenvalue weighted by atomic mass is 16.5. The number of nitrogens with zero attached hydrogens (tertiary/aromatic N) is 2. The summed E-state index contributed by atoms with van der Waals surface area (Å²) in [7, 11) is 4.39. The van der Waals surface area contributed by atoms with Gasteiger partial charge in [0.1, 0.15) is 0 Å². The van der Waals surface area contributed by atoms with E-state index in [1.807, 2.05) is 0 Å². The molecule has 144 valence electrons. The smallest absolute Gasteiger partial charge is 0.0629 e. The molecule has 0 N–H and O–H groups in total. The van der Waals surface area contributed by atoms with Crippen molar-refractivity contribution in [3.05, 3.63) is 0 Å². The standard InChI is InChI=1S/C20H42N2O2/c1-9-21(7)11-10-12-23-20(5,6)14-17-13-18(22(8)15-17)16-24-19(2,3)4/h17-18H,9-16H2,1-8H3/t17?,18-/m0/s1. The average molecular weight is 343 g/mol. The Bertz CT molecular complexity index is 352. The van der Waals surface area contributed by atoms with Crippen LogP contribution < -0.4 is 0 Å². The lowest BCUT2D eigenvalue weighted by molar-refractivity contribution is -0.0366. The van der Waals surface area contributed by atoms with Gasteiger partial charge in [0, 0.05) is 25.7 Å². The van der Waals surface area contributed by atoms with Gasteiger partial charge in [-0.3, -0.25) is 0 Å². The van der Waals surface area contributed by atoms with Crippen molar-refractivity contribution in [3.63, 3.8) is 0 Å². The molecule has 1 saturated heterocycles. The predicted octanol–water partition coefficient (Wildman–Crippen LogP) is 3.65. The third kappa shape index (κ3) is 8.80. The minimum absolute atomic E-state index is 0.0317. The second-order valence-corrected chi connectivity index (χ2v) is 9.18. The molecule has 1 rings (SSSR count). The molecule has 0 aromatic carbocycles. The van der Waals surface area contributed by atoms with Crippen LogP contribution in [0.25, 0.3) is 0 Å². The Morgan fingerprint density at radius 2 is 1.79 bits per heavy atom.